The largest absolute Gasteiger partial charge is 0.339 e. The summed E-state index contributed by atoms with van der Waals surface area (Å²) >= 11 is 3.16. The smallest absolute Gasteiger partial charge is 0.235 e. The van der Waals surface area contributed by atoms with Crippen molar-refractivity contribution >= 4 is 29.0 Å². The average molecular weight is 442 g/mol. The topological polar surface area (TPSA) is 54.3 Å². The normalized spacial score (nSPS) is 16.0. The van der Waals surface area contributed by atoms with Gasteiger partial charge in [-0.2, -0.15) is 0 Å². The fraction of sp³-hybridized carbons (Fsp3) is 0.409. The third-order valence-corrected chi connectivity index (χ3v) is 7.34. The van der Waals surface area contributed by atoms with E-state index in [1.165, 1.54) is 17.3 Å². The maximum absolute atomic E-state index is 13.0. The number of hydrogen-bond donors (Lipinski definition) is 0. The molecule has 1 saturated heterocycles. The number of likely N-dealkylation sites (N-methyl/N-ethyl adjacent to an activating group) is 1. The van der Waals surface area contributed by atoms with E-state index in [2.05, 4.69) is 44.8 Å². The first-order chi connectivity index (χ1) is 14.7. The summed E-state index contributed by atoms with van der Waals surface area (Å²) < 4.78 is 2.13. The number of aromatic nitrogens is 3. The lowest BCUT2D eigenvalue weighted by Crippen LogP contribution is -2.50. The molecule has 2 aromatic heterocycles. The highest BCUT2D eigenvalue weighted by Gasteiger charge is 2.27. The molecule has 3 aromatic rings. The molecule has 1 aliphatic heterocycles. The quantitative estimate of drug-likeness (QED) is 0.523. The van der Waals surface area contributed by atoms with Gasteiger partial charge in [0.05, 0.1) is 16.7 Å². The second-order valence-corrected chi connectivity index (χ2v) is 9.63. The molecule has 0 aliphatic carbocycles. The number of hydrogen-bond acceptors (Lipinski definition) is 6. The van der Waals surface area contributed by atoms with Gasteiger partial charge in [0.25, 0.3) is 0 Å². The van der Waals surface area contributed by atoms with Crippen molar-refractivity contribution in [2.24, 2.45) is 0 Å². The molecule has 1 aliphatic rings. The number of thioether (sulfide) groups is 1. The van der Waals surface area contributed by atoms with Crippen molar-refractivity contribution in [1.82, 2.24) is 24.6 Å². The van der Waals surface area contributed by atoms with Crippen LogP contribution in [0.2, 0.25) is 0 Å². The summed E-state index contributed by atoms with van der Waals surface area (Å²) in [5.41, 5.74) is 1.19. The van der Waals surface area contributed by atoms with Crippen molar-refractivity contribution in [3.05, 3.63) is 53.4 Å². The molecule has 6 nitrogen and oxygen atoms in total. The number of amides is 1. The molecule has 8 heteroatoms. The van der Waals surface area contributed by atoms with E-state index in [4.69, 9.17) is 0 Å². The van der Waals surface area contributed by atoms with Gasteiger partial charge < -0.3 is 9.80 Å². The fourth-order valence-corrected chi connectivity index (χ4v) is 5.27. The molecule has 0 spiro atoms. The van der Waals surface area contributed by atoms with Crippen LogP contribution in [0.15, 0.2) is 53.0 Å². The summed E-state index contributed by atoms with van der Waals surface area (Å²) in [6.45, 7) is 9.37. The Hall–Kier alpha value is -2.16. The Labute approximate surface area is 185 Å². The summed E-state index contributed by atoms with van der Waals surface area (Å²) in [5, 5.41) is 11.6. The van der Waals surface area contributed by atoms with Crippen LogP contribution in [0, 0.1) is 0 Å². The fourth-order valence-electron chi connectivity index (χ4n) is 3.62. The Morgan fingerprint density at radius 2 is 1.87 bits per heavy atom. The van der Waals surface area contributed by atoms with Gasteiger partial charge in [0, 0.05) is 26.2 Å². The van der Waals surface area contributed by atoms with Gasteiger partial charge in [0.2, 0.25) is 5.91 Å². The summed E-state index contributed by atoms with van der Waals surface area (Å²) in [6.07, 6.45) is 0. The van der Waals surface area contributed by atoms with Crippen LogP contribution >= 0.6 is 23.1 Å². The highest BCUT2D eigenvalue weighted by molar-refractivity contribution is 8.00. The monoisotopic (exact) mass is 441 g/mol. The van der Waals surface area contributed by atoms with E-state index < -0.39 is 0 Å². The minimum Gasteiger partial charge on any atom is -0.339 e. The molecule has 1 atom stereocenters. The zero-order valence-electron chi connectivity index (χ0n) is 17.4. The highest BCUT2D eigenvalue weighted by atomic mass is 32.2. The van der Waals surface area contributed by atoms with Gasteiger partial charge in [-0.15, -0.1) is 21.5 Å². The Balaban J connectivity index is 1.52. The van der Waals surface area contributed by atoms with Gasteiger partial charge in [-0.05, 0) is 30.5 Å². The van der Waals surface area contributed by atoms with E-state index in [9.17, 15) is 4.79 Å². The van der Waals surface area contributed by atoms with Gasteiger partial charge in [-0.1, -0.05) is 55.1 Å². The molecule has 3 heterocycles. The Morgan fingerprint density at radius 1 is 1.10 bits per heavy atom. The van der Waals surface area contributed by atoms with E-state index in [1.807, 2.05) is 41.5 Å². The van der Waals surface area contributed by atoms with Crippen LogP contribution in [0.5, 0.6) is 0 Å². The van der Waals surface area contributed by atoms with Crippen molar-refractivity contribution in [1.29, 1.82) is 0 Å². The lowest BCUT2D eigenvalue weighted by atomic mass is 10.2. The van der Waals surface area contributed by atoms with Crippen molar-refractivity contribution in [3.63, 3.8) is 0 Å². The lowest BCUT2D eigenvalue weighted by molar-refractivity contribution is -0.132. The van der Waals surface area contributed by atoms with Gasteiger partial charge in [-0.3, -0.25) is 9.36 Å². The number of piperazine rings is 1. The molecule has 4 rings (SSSR count). The molecular weight excluding hydrogens is 414 g/mol. The van der Waals surface area contributed by atoms with Crippen LogP contribution in [0.25, 0.3) is 10.7 Å². The zero-order valence-corrected chi connectivity index (χ0v) is 19.0. The van der Waals surface area contributed by atoms with Crippen LogP contribution in [0.1, 0.15) is 19.4 Å². The van der Waals surface area contributed by atoms with Crippen molar-refractivity contribution in [2.45, 2.75) is 30.8 Å². The van der Waals surface area contributed by atoms with Crippen molar-refractivity contribution in [2.75, 3.05) is 32.7 Å². The number of rotatable bonds is 7. The minimum absolute atomic E-state index is 0.183. The molecule has 1 unspecified atom stereocenters. The van der Waals surface area contributed by atoms with Crippen LogP contribution in [-0.4, -0.2) is 68.4 Å². The first-order valence-electron chi connectivity index (χ1n) is 10.3. The molecule has 1 fully saturated rings. The third kappa shape index (κ3) is 4.77. The second-order valence-electron chi connectivity index (χ2n) is 7.37. The van der Waals surface area contributed by atoms with Crippen LogP contribution < -0.4 is 0 Å². The maximum atomic E-state index is 13.0. The van der Waals surface area contributed by atoms with E-state index in [-0.39, 0.29) is 11.2 Å². The van der Waals surface area contributed by atoms with Crippen LogP contribution in [-0.2, 0) is 11.3 Å². The van der Waals surface area contributed by atoms with Crippen molar-refractivity contribution < 1.29 is 4.79 Å². The second kappa shape index (κ2) is 9.76. The predicted molar refractivity (Wildman–Crippen MR) is 123 cm³/mol. The number of nitrogens with zero attached hydrogens (tertiary/aromatic N) is 5. The number of carbonyl (C=O) groups is 1. The molecule has 30 heavy (non-hydrogen) atoms. The standard InChI is InChI=1S/C22H27N5OS2/c1-3-25-11-13-26(14-12-25)21(28)17(2)30-22-24-23-20(19-10-7-15-29-19)27(22)16-18-8-5-4-6-9-18/h4-10,15,17H,3,11-14,16H2,1-2H3. The van der Waals surface area contributed by atoms with E-state index in [1.54, 1.807) is 11.3 Å². The van der Waals surface area contributed by atoms with E-state index in [0.29, 0.717) is 6.54 Å². The predicted octanol–water partition coefficient (Wildman–Crippen LogP) is 3.70. The van der Waals surface area contributed by atoms with Gasteiger partial charge in [-0.25, -0.2) is 0 Å². The lowest BCUT2D eigenvalue weighted by Gasteiger charge is -2.35. The maximum Gasteiger partial charge on any atom is 0.235 e. The number of thiophene rings is 1. The third-order valence-electron chi connectivity index (χ3n) is 5.40. The zero-order chi connectivity index (χ0) is 20.9. The highest BCUT2D eigenvalue weighted by Crippen LogP contribution is 2.30. The molecule has 0 N–H and O–H groups in total. The molecule has 0 bridgehead atoms. The molecular formula is C22H27N5OS2. The van der Waals surface area contributed by atoms with E-state index >= 15 is 0 Å². The molecule has 158 valence electrons. The number of benzene rings is 1. The Bertz CT molecular complexity index is 949. The Morgan fingerprint density at radius 3 is 2.53 bits per heavy atom. The van der Waals surface area contributed by atoms with Crippen LogP contribution in [0.3, 0.4) is 0 Å². The van der Waals surface area contributed by atoms with Crippen molar-refractivity contribution in [3.8, 4) is 10.7 Å². The van der Waals surface area contributed by atoms with Crippen LogP contribution in [0.4, 0.5) is 0 Å². The summed E-state index contributed by atoms with van der Waals surface area (Å²) in [4.78, 5) is 18.5. The van der Waals surface area contributed by atoms with Gasteiger partial charge in [0.15, 0.2) is 11.0 Å². The molecule has 1 aromatic carbocycles. The molecule has 0 radical (unpaired) electrons. The van der Waals surface area contributed by atoms with E-state index in [0.717, 1.165) is 48.6 Å². The summed E-state index contributed by atoms with van der Waals surface area (Å²) in [6, 6.07) is 14.4. The first kappa shape index (κ1) is 21.1. The summed E-state index contributed by atoms with van der Waals surface area (Å²) in [5.74, 6) is 1.04. The van der Waals surface area contributed by atoms with Gasteiger partial charge in [0.1, 0.15) is 0 Å². The minimum atomic E-state index is -0.201. The van der Waals surface area contributed by atoms with Gasteiger partial charge >= 0.3 is 0 Å². The molecule has 0 saturated carbocycles. The summed E-state index contributed by atoms with van der Waals surface area (Å²) in [7, 11) is 0. The molecule has 1 amide bonds. The first-order valence-corrected chi connectivity index (χ1v) is 12.1. The average Bonchev–Trinajstić information content (AvgIpc) is 3.44. The number of carbonyl (C=O) groups excluding carboxylic acids is 1. The SMILES string of the molecule is CCN1CCN(C(=O)C(C)Sc2nnc(-c3cccs3)n2Cc2ccccc2)CC1. The Kier molecular flexibility index (Phi) is 6.86.